The number of rotatable bonds is 5. The Morgan fingerprint density at radius 1 is 1.35 bits per heavy atom. The number of nitrogens with zero attached hydrogens (tertiary/aromatic N) is 2. The standard InChI is InChI=1S/C13H22N4/c1-3-17-13(11(14)8(2)16-17)15-12(9-4-5-9)10-6-7-10/h9-10,12,15H,3-7,14H2,1-2H3. The summed E-state index contributed by atoms with van der Waals surface area (Å²) in [5.41, 5.74) is 7.90. The normalized spacial score (nSPS) is 19.9. The van der Waals surface area contributed by atoms with Crippen molar-refractivity contribution >= 4 is 11.5 Å². The summed E-state index contributed by atoms with van der Waals surface area (Å²) in [6.45, 7) is 4.97. The quantitative estimate of drug-likeness (QED) is 0.822. The fraction of sp³-hybridized carbons (Fsp3) is 0.769. The highest BCUT2D eigenvalue weighted by atomic mass is 15.3. The largest absolute Gasteiger partial charge is 0.394 e. The topological polar surface area (TPSA) is 55.9 Å². The summed E-state index contributed by atoms with van der Waals surface area (Å²) in [5, 5.41) is 8.16. The minimum absolute atomic E-state index is 0.638. The van der Waals surface area contributed by atoms with Gasteiger partial charge in [-0.05, 0) is 51.4 Å². The van der Waals surface area contributed by atoms with Crippen LogP contribution in [0.2, 0.25) is 0 Å². The number of anilines is 2. The molecule has 4 nitrogen and oxygen atoms in total. The average molecular weight is 234 g/mol. The van der Waals surface area contributed by atoms with Gasteiger partial charge in [0.25, 0.3) is 0 Å². The second-order valence-electron chi connectivity index (χ2n) is 5.51. The summed E-state index contributed by atoms with van der Waals surface area (Å²) in [6, 6.07) is 0.638. The van der Waals surface area contributed by atoms with Gasteiger partial charge in [-0.25, -0.2) is 4.68 Å². The van der Waals surface area contributed by atoms with Gasteiger partial charge in [0.2, 0.25) is 0 Å². The molecule has 0 saturated heterocycles. The van der Waals surface area contributed by atoms with Gasteiger partial charge in [0.05, 0.1) is 11.4 Å². The third kappa shape index (κ3) is 2.01. The molecule has 94 valence electrons. The summed E-state index contributed by atoms with van der Waals surface area (Å²) in [7, 11) is 0. The van der Waals surface area contributed by atoms with Gasteiger partial charge < -0.3 is 11.1 Å². The second-order valence-corrected chi connectivity index (χ2v) is 5.51. The van der Waals surface area contributed by atoms with Crippen molar-refractivity contribution in [2.45, 2.75) is 52.1 Å². The van der Waals surface area contributed by atoms with E-state index in [4.69, 9.17) is 5.73 Å². The number of nitrogen functional groups attached to an aromatic ring is 1. The van der Waals surface area contributed by atoms with E-state index in [9.17, 15) is 0 Å². The van der Waals surface area contributed by atoms with Crippen molar-refractivity contribution in [3.8, 4) is 0 Å². The molecule has 0 atom stereocenters. The number of nitrogens with two attached hydrogens (primary N) is 1. The molecule has 1 aromatic rings. The molecule has 3 N–H and O–H groups in total. The Balaban J connectivity index is 1.82. The van der Waals surface area contributed by atoms with Gasteiger partial charge in [-0.2, -0.15) is 5.10 Å². The fourth-order valence-electron chi connectivity index (χ4n) is 2.67. The van der Waals surface area contributed by atoms with Gasteiger partial charge in [-0.1, -0.05) is 0 Å². The predicted molar refractivity (Wildman–Crippen MR) is 69.9 cm³/mol. The van der Waals surface area contributed by atoms with Gasteiger partial charge in [-0.15, -0.1) is 0 Å². The molecule has 17 heavy (non-hydrogen) atoms. The van der Waals surface area contributed by atoms with Crippen LogP contribution in [0.4, 0.5) is 11.5 Å². The third-order valence-electron chi connectivity index (χ3n) is 4.04. The predicted octanol–water partition coefficient (Wildman–Crippen LogP) is 2.39. The Bertz CT molecular complexity index is 403. The maximum Gasteiger partial charge on any atom is 0.148 e. The molecule has 2 saturated carbocycles. The van der Waals surface area contributed by atoms with Gasteiger partial charge in [-0.3, -0.25) is 0 Å². The first-order valence-electron chi connectivity index (χ1n) is 6.80. The molecule has 2 aliphatic rings. The molecular weight excluding hydrogens is 212 g/mol. The Labute approximate surface area is 103 Å². The van der Waals surface area contributed by atoms with E-state index >= 15 is 0 Å². The lowest BCUT2D eigenvalue weighted by Crippen LogP contribution is -2.26. The number of aryl methyl sites for hydroxylation is 2. The van der Waals surface area contributed by atoms with Crippen molar-refractivity contribution in [3.05, 3.63) is 5.69 Å². The van der Waals surface area contributed by atoms with Crippen molar-refractivity contribution in [2.24, 2.45) is 11.8 Å². The van der Waals surface area contributed by atoms with E-state index in [1.54, 1.807) is 0 Å². The van der Waals surface area contributed by atoms with E-state index in [0.717, 1.165) is 35.6 Å². The summed E-state index contributed by atoms with van der Waals surface area (Å²) in [6.07, 6.45) is 5.53. The Morgan fingerprint density at radius 2 is 1.94 bits per heavy atom. The highest BCUT2D eigenvalue weighted by Crippen LogP contribution is 2.46. The third-order valence-corrected chi connectivity index (χ3v) is 4.04. The van der Waals surface area contributed by atoms with Gasteiger partial charge >= 0.3 is 0 Å². The summed E-state index contributed by atoms with van der Waals surface area (Å²) >= 11 is 0. The molecule has 1 heterocycles. The fourth-order valence-corrected chi connectivity index (χ4v) is 2.67. The molecule has 0 aliphatic heterocycles. The number of hydrogen-bond acceptors (Lipinski definition) is 3. The molecule has 2 fully saturated rings. The lowest BCUT2D eigenvalue weighted by atomic mass is 10.1. The van der Waals surface area contributed by atoms with Gasteiger partial charge in [0, 0.05) is 12.6 Å². The lowest BCUT2D eigenvalue weighted by molar-refractivity contribution is 0.554. The summed E-state index contributed by atoms with van der Waals surface area (Å²) in [4.78, 5) is 0. The molecular formula is C13H22N4. The van der Waals surface area contributed by atoms with E-state index in [1.165, 1.54) is 25.7 Å². The number of hydrogen-bond donors (Lipinski definition) is 2. The van der Waals surface area contributed by atoms with Crippen LogP contribution in [0.1, 0.15) is 38.3 Å². The first-order chi connectivity index (χ1) is 8.20. The van der Waals surface area contributed by atoms with E-state index in [0.29, 0.717) is 6.04 Å². The van der Waals surface area contributed by atoms with Crippen LogP contribution in [0, 0.1) is 18.8 Å². The highest BCUT2D eigenvalue weighted by molar-refractivity contribution is 5.65. The van der Waals surface area contributed by atoms with E-state index in [2.05, 4.69) is 17.3 Å². The van der Waals surface area contributed by atoms with Gasteiger partial charge in [0.15, 0.2) is 0 Å². The first kappa shape index (κ1) is 10.9. The Hall–Kier alpha value is -1.19. The first-order valence-corrected chi connectivity index (χ1v) is 6.80. The molecule has 0 bridgehead atoms. The summed E-state index contributed by atoms with van der Waals surface area (Å²) in [5.74, 6) is 2.80. The zero-order valence-electron chi connectivity index (χ0n) is 10.7. The maximum atomic E-state index is 6.12. The number of nitrogens with one attached hydrogen (secondary N) is 1. The van der Waals surface area contributed by atoms with E-state index in [1.807, 2.05) is 11.6 Å². The van der Waals surface area contributed by atoms with Crippen LogP contribution in [0.25, 0.3) is 0 Å². The molecule has 0 aromatic carbocycles. The zero-order valence-corrected chi connectivity index (χ0v) is 10.7. The maximum absolute atomic E-state index is 6.12. The number of aromatic nitrogens is 2. The van der Waals surface area contributed by atoms with Crippen molar-refractivity contribution < 1.29 is 0 Å². The smallest absolute Gasteiger partial charge is 0.148 e. The molecule has 0 unspecified atom stereocenters. The van der Waals surface area contributed by atoms with E-state index < -0.39 is 0 Å². The van der Waals surface area contributed by atoms with Crippen LogP contribution >= 0.6 is 0 Å². The van der Waals surface area contributed by atoms with Crippen LogP contribution in [-0.2, 0) is 6.54 Å². The molecule has 2 aliphatic carbocycles. The Kier molecular flexibility index (Phi) is 2.53. The van der Waals surface area contributed by atoms with E-state index in [-0.39, 0.29) is 0 Å². The zero-order chi connectivity index (χ0) is 12.0. The van der Waals surface area contributed by atoms with Crippen LogP contribution < -0.4 is 11.1 Å². The Morgan fingerprint density at radius 3 is 2.41 bits per heavy atom. The van der Waals surface area contributed by atoms with Crippen LogP contribution in [-0.4, -0.2) is 15.8 Å². The monoisotopic (exact) mass is 234 g/mol. The molecule has 1 aromatic heterocycles. The highest BCUT2D eigenvalue weighted by Gasteiger charge is 2.42. The molecule has 0 spiro atoms. The lowest BCUT2D eigenvalue weighted by Gasteiger charge is -2.20. The van der Waals surface area contributed by atoms with Crippen LogP contribution in [0.15, 0.2) is 0 Å². The van der Waals surface area contributed by atoms with Crippen LogP contribution in [0.3, 0.4) is 0 Å². The minimum atomic E-state index is 0.638. The second kappa shape index (κ2) is 3.93. The van der Waals surface area contributed by atoms with Gasteiger partial charge in [0.1, 0.15) is 5.82 Å². The molecule has 0 amide bonds. The van der Waals surface area contributed by atoms with Crippen molar-refractivity contribution in [1.82, 2.24) is 9.78 Å². The summed E-state index contributed by atoms with van der Waals surface area (Å²) < 4.78 is 2.00. The average Bonchev–Trinajstić information content (AvgIpc) is 3.19. The molecule has 0 radical (unpaired) electrons. The van der Waals surface area contributed by atoms with Crippen molar-refractivity contribution in [2.75, 3.05) is 11.1 Å². The van der Waals surface area contributed by atoms with Crippen molar-refractivity contribution in [3.63, 3.8) is 0 Å². The van der Waals surface area contributed by atoms with Crippen molar-refractivity contribution in [1.29, 1.82) is 0 Å². The molecule has 3 rings (SSSR count). The molecule has 4 heteroatoms. The minimum Gasteiger partial charge on any atom is -0.394 e. The van der Waals surface area contributed by atoms with Crippen LogP contribution in [0.5, 0.6) is 0 Å². The SMILES string of the molecule is CCn1nc(C)c(N)c1NC(C1CC1)C1CC1.